The Balaban J connectivity index is 0.0000546. The lowest BCUT2D eigenvalue weighted by Crippen LogP contribution is -2.66. The summed E-state index contributed by atoms with van der Waals surface area (Å²) in [6, 6.07) is -1.15. The topological polar surface area (TPSA) is 558 Å². The van der Waals surface area contributed by atoms with E-state index >= 15 is 0 Å². The minimum atomic E-state index is -1.30. The van der Waals surface area contributed by atoms with E-state index in [9.17, 15) is 86.3 Å². The van der Waals surface area contributed by atoms with Crippen LogP contribution in [-0.4, -0.2) is 305 Å². The molecule has 0 radical (unpaired) electrons. The van der Waals surface area contributed by atoms with Gasteiger partial charge >= 0.3 is 53.7 Å². The van der Waals surface area contributed by atoms with E-state index in [0.29, 0.717) is 57.8 Å². The Labute approximate surface area is 741 Å². The van der Waals surface area contributed by atoms with Gasteiger partial charge in [-0.1, -0.05) is 21.3 Å². The number of Topliss-reactive ketones (excluding diaryl/α,β-unsaturated/α-hetero) is 2. The van der Waals surface area contributed by atoms with Crippen LogP contribution in [0.15, 0.2) is 0 Å². The predicted molar refractivity (Wildman–Crippen MR) is 441 cm³/mol. The molecule has 724 valence electrons. The smallest absolute Gasteiger partial charge is 0.303 e. The van der Waals surface area contributed by atoms with Crippen LogP contribution in [0.2, 0.25) is 0 Å². The molecule has 16 atom stereocenters. The van der Waals surface area contributed by atoms with E-state index in [2.05, 4.69) is 37.2 Å². The van der Waals surface area contributed by atoms with Crippen LogP contribution in [0.4, 0.5) is 0 Å². The molecule has 0 aliphatic carbocycles. The van der Waals surface area contributed by atoms with Gasteiger partial charge in [-0.15, -0.1) is 0 Å². The van der Waals surface area contributed by atoms with Gasteiger partial charge < -0.3 is 132 Å². The summed E-state index contributed by atoms with van der Waals surface area (Å²) in [4.78, 5) is 223. The zero-order valence-electron chi connectivity index (χ0n) is 75.0. The minimum Gasteiger partial charge on any atom is -0.463 e. The number of carbonyl (C=O) groups is 18. The summed E-state index contributed by atoms with van der Waals surface area (Å²) in [6.45, 7) is 17.8. The van der Waals surface area contributed by atoms with Gasteiger partial charge in [0.1, 0.15) is 74.6 Å². The van der Waals surface area contributed by atoms with Gasteiger partial charge in [-0.2, -0.15) is 0 Å². The summed E-state index contributed by atoms with van der Waals surface area (Å²) < 4.78 is 103. The monoisotopic (exact) mass is 1820 g/mol. The van der Waals surface area contributed by atoms with Crippen LogP contribution in [-0.2, 0) is 172 Å². The summed E-state index contributed by atoms with van der Waals surface area (Å²) in [5, 5.41) is 19.4. The molecule has 0 aromatic rings. The van der Waals surface area contributed by atoms with Crippen LogP contribution in [0, 0.1) is 23.2 Å². The number of unbranched alkanes of at least 4 members (excludes halogenated alkanes) is 3. The number of esters is 9. The first-order chi connectivity index (χ1) is 59.7. The van der Waals surface area contributed by atoms with Gasteiger partial charge in [0.05, 0.1) is 44.9 Å². The predicted octanol–water partition coefficient (Wildman–Crippen LogP) is 1.67. The Hall–Kier alpha value is -9.50. The molecular formula is C84H137N7O36. The maximum absolute atomic E-state index is 13.1. The first kappa shape index (κ1) is 114. The van der Waals surface area contributed by atoms with Crippen molar-refractivity contribution in [3.8, 4) is 0 Å². The van der Waals surface area contributed by atoms with E-state index in [1.54, 1.807) is 0 Å². The molecular weight excluding hydrogens is 1680 g/mol. The van der Waals surface area contributed by atoms with Gasteiger partial charge in [-0.25, -0.2) is 0 Å². The summed E-state index contributed by atoms with van der Waals surface area (Å²) in [6.07, 6.45) is -11.2. The van der Waals surface area contributed by atoms with Crippen LogP contribution < -0.4 is 37.2 Å². The molecule has 43 heteroatoms. The summed E-state index contributed by atoms with van der Waals surface area (Å²) in [7, 11) is 0. The van der Waals surface area contributed by atoms with Crippen molar-refractivity contribution in [1.82, 2.24) is 37.2 Å². The van der Waals surface area contributed by atoms with Crippen molar-refractivity contribution >= 4 is 107 Å². The van der Waals surface area contributed by atoms with Gasteiger partial charge in [0.25, 0.3) is 0 Å². The number of nitrogens with one attached hydrogen (secondary N) is 7. The Morgan fingerprint density at radius 1 is 0.315 bits per heavy atom. The molecule has 0 aromatic carbocycles. The fourth-order valence-electron chi connectivity index (χ4n) is 13.5. The number of amides is 7. The van der Waals surface area contributed by atoms with Crippen molar-refractivity contribution in [3.63, 3.8) is 0 Å². The Morgan fingerprint density at radius 2 is 0.598 bits per heavy atom. The zero-order valence-corrected chi connectivity index (χ0v) is 75.0. The molecule has 43 nitrogen and oxygen atoms in total. The van der Waals surface area contributed by atoms with E-state index in [4.69, 9.17) is 85.3 Å². The van der Waals surface area contributed by atoms with Gasteiger partial charge in [0, 0.05) is 179 Å². The Bertz CT molecular complexity index is 3370. The van der Waals surface area contributed by atoms with E-state index in [-0.39, 0.29) is 211 Å². The number of hydrogen-bond donors (Lipinski definition) is 7. The van der Waals surface area contributed by atoms with E-state index in [1.807, 2.05) is 13.8 Å². The normalized spacial score (nSPS) is 22.2. The molecule has 7 amide bonds. The highest BCUT2D eigenvalue weighted by molar-refractivity contribution is 5.80. The second-order valence-electron chi connectivity index (χ2n) is 31.1. The van der Waals surface area contributed by atoms with Crippen molar-refractivity contribution < 1.29 is 172 Å². The SMILES string of the molecule is C.CC(=O)C[C@H]1[C@H](OCCCCC(=O)NCCCNC(=O)CCOCC(COCCC(=O)NCCCNC(=O)CCCCO[C@@H]2O[C@H](COC(C)=O)[C@H](OC(C)=O)[C@H](OC(C)=O)[C@H]2NC(C)=O)(COCC(=O)NCCCNC(=O)CCCCO[C@@H]2O[C@H](COC(C)=O)[C@H](OC(C)=O)[C@H](OC(C)=O)[C@H]2CC(C)=O)C(C)C)O[C@H](COC(C)=O)[C@H](OC(C)=O)[C@@H]1OC(C)=O. The van der Waals surface area contributed by atoms with Crippen LogP contribution >= 0.6 is 0 Å². The fraction of sp³-hybridized carbons (Fsp3) is 0.786. The average Bonchev–Trinajstić information content (AvgIpc) is 0.795. The first-order valence-electron chi connectivity index (χ1n) is 42.5. The summed E-state index contributed by atoms with van der Waals surface area (Å²) in [5.41, 5.74) is -0.916. The number of ketones is 2. The largest absolute Gasteiger partial charge is 0.463 e. The van der Waals surface area contributed by atoms with E-state index in [0.717, 1.165) is 48.5 Å². The number of hydrogen-bond acceptors (Lipinski definition) is 36. The van der Waals surface area contributed by atoms with Crippen molar-refractivity contribution in [3.05, 3.63) is 0 Å². The second-order valence-corrected chi connectivity index (χ2v) is 31.1. The standard InChI is InChI=1S/C83H133N7O36.CH4/c1-49(2)83(48-111-45-72(108)89-34-23-31-86-68(104)25-16-19-36-113-81-63(41-51(4)92)75(119-57(10)98)77(121-59(12)100)65(125-81)43-116-54(7)95,46-109-38-27-70(106)87-32-21-29-84-67(103)24-15-18-35-112-80-62(40-50(3)91)74(118-56(9)97)76(120-58(11)99)64(124-80)42-115-53(6)94)47-110-39-28-71(107)88-33-22-30-85-69(105)26-17-20-37-114-82-73(90-52(5)93)79(123-61(14)102)78(122-60(13)101)66(126-82)44-117-55(8)96;/h49,62-66,73-82H,15-48H2,1-14H3,(H,84,103)(H,85,105)(H,86,104)(H,87,106)(H,88,107)(H,89,108)(H,90,93);1H4/t62-,63-,64-,65-,66-,73-,74-,75-,76+,77+,78+,79-,80-,81-,82-,83?;/m1./s1. The van der Waals surface area contributed by atoms with Gasteiger partial charge in [0.15, 0.2) is 43.3 Å². The molecule has 3 fully saturated rings. The third kappa shape index (κ3) is 47.9. The van der Waals surface area contributed by atoms with Gasteiger partial charge in [0.2, 0.25) is 41.4 Å². The highest BCUT2D eigenvalue weighted by Crippen LogP contribution is 2.37. The quantitative estimate of drug-likeness (QED) is 0.0259. The molecule has 3 aliphatic rings. The third-order valence-corrected chi connectivity index (χ3v) is 19.6. The van der Waals surface area contributed by atoms with E-state index in [1.165, 1.54) is 34.6 Å². The second kappa shape index (κ2) is 62.7. The highest BCUT2D eigenvalue weighted by Gasteiger charge is 2.54. The molecule has 1 unspecified atom stereocenters. The molecule has 0 aromatic heterocycles. The molecule has 3 aliphatic heterocycles. The van der Waals surface area contributed by atoms with Crippen LogP contribution in [0.25, 0.3) is 0 Å². The van der Waals surface area contributed by atoms with Gasteiger partial charge in [-0.05, 0) is 77.6 Å². The molecule has 0 spiro atoms. The number of rotatable bonds is 62. The van der Waals surface area contributed by atoms with Crippen molar-refractivity contribution in [2.75, 3.05) is 119 Å². The van der Waals surface area contributed by atoms with Crippen LogP contribution in [0.3, 0.4) is 0 Å². The van der Waals surface area contributed by atoms with Crippen molar-refractivity contribution in [2.24, 2.45) is 23.2 Å². The summed E-state index contributed by atoms with van der Waals surface area (Å²) in [5.74, 6) is -11.5. The van der Waals surface area contributed by atoms with Gasteiger partial charge in [-0.3, -0.25) is 76.7 Å². The fourth-order valence-corrected chi connectivity index (χ4v) is 13.5. The van der Waals surface area contributed by atoms with Crippen molar-refractivity contribution in [1.29, 1.82) is 0 Å². The van der Waals surface area contributed by atoms with Crippen LogP contribution in [0.1, 0.15) is 207 Å². The lowest BCUT2D eigenvalue weighted by molar-refractivity contribution is -0.291. The van der Waals surface area contributed by atoms with Crippen molar-refractivity contribution in [2.45, 2.75) is 287 Å². The zero-order chi connectivity index (χ0) is 93.8. The highest BCUT2D eigenvalue weighted by atomic mass is 16.7. The van der Waals surface area contributed by atoms with Crippen LogP contribution in [0.5, 0.6) is 0 Å². The average molecular weight is 1820 g/mol. The molecule has 3 heterocycles. The molecule has 0 saturated carbocycles. The summed E-state index contributed by atoms with van der Waals surface area (Å²) >= 11 is 0. The Morgan fingerprint density at radius 3 is 0.906 bits per heavy atom. The molecule has 3 rings (SSSR count). The molecule has 127 heavy (non-hydrogen) atoms. The number of ether oxygens (including phenoxy) is 18. The Kier molecular flexibility index (Phi) is 56.0. The number of carbonyl (C=O) groups excluding carboxylic acids is 18. The first-order valence-corrected chi connectivity index (χ1v) is 42.5. The molecule has 7 N–H and O–H groups in total. The maximum atomic E-state index is 13.1. The van der Waals surface area contributed by atoms with E-state index < -0.39 is 169 Å². The molecule has 3 saturated heterocycles. The molecule has 0 bridgehead atoms. The lowest BCUT2D eigenvalue weighted by atomic mass is 9.79. The maximum Gasteiger partial charge on any atom is 0.303 e. The third-order valence-electron chi connectivity index (χ3n) is 19.6. The lowest BCUT2D eigenvalue weighted by Gasteiger charge is -2.44. The minimum absolute atomic E-state index is 0.